The second kappa shape index (κ2) is 13.2. The second-order valence-corrected chi connectivity index (χ2v) is 11.1. The molecule has 0 fully saturated rings. The van der Waals surface area contributed by atoms with Crippen LogP contribution in [0.3, 0.4) is 0 Å². The van der Waals surface area contributed by atoms with Gasteiger partial charge in [0, 0.05) is 17.1 Å². The summed E-state index contributed by atoms with van der Waals surface area (Å²) in [5.41, 5.74) is 12.9. The highest BCUT2D eigenvalue weighted by Crippen LogP contribution is 2.37. The van der Waals surface area contributed by atoms with Crippen molar-refractivity contribution in [2.75, 3.05) is 4.90 Å². The quantitative estimate of drug-likeness (QED) is 0.163. The lowest BCUT2D eigenvalue weighted by atomic mass is 9.89. The van der Waals surface area contributed by atoms with Crippen LogP contribution in [0.4, 0.5) is 17.1 Å². The summed E-state index contributed by atoms with van der Waals surface area (Å²) in [6.07, 6.45) is 2.31. The Kier molecular flexibility index (Phi) is 8.15. The van der Waals surface area contributed by atoms with E-state index in [-0.39, 0.29) is 0 Å². The molecule has 0 unspecified atom stereocenters. The van der Waals surface area contributed by atoms with Gasteiger partial charge in [-0.25, -0.2) is 0 Å². The molecule has 7 aromatic carbocycles. The second-order valence-electron chi connectivity index (χ2n) is 11.1. The molecule has 0 spiro atoms. The zero-order valence-electron chi connectivity index (χ0n) is 25.0. The van der Waals surface area contributed by atoms with E-state index in [1.165, 1.54) is 39.0 Å². The predicted octanol–water partition coefficient (Wildman–Crippen LogP) is 12.1. The normalized spacial score (nSPS) is 11.2. The van der Waals surface area contributed by atoms with Gasteiger partial charge in [0.05, 0.1) is 0 Å². The van der Waals surface area contributed by atoms with E-state index in [9.17, 15) is 0 Å². The number of para-hydroxylation sites is 2. The van der Waals surface area contributed by atoms with E-state index < -0.39 is 0 Å². The van der Waals surface area contributed by atoms with Gasteiger partial charge in [0.1, 0.15) is 0 Å². The van der Waals surface area contributed by atoms with E-state index in [0.29, 0.717) is 0 Å². The third-order valence-corrected chi connectivity index (χ3v) is 8.03. The maximum Gasteiger partial charge on any atom is 0.0462 e. The van der Waals surface area contributed by atoms with Gasteiger partial charge in [0.15, 0.2) is 0 Å². The van der Waals surface area contributed by atoms with E-state index in [1.54, 1.807) is 0 Å². The minimum atomic E-state index is 1.11. The summed E-state index contributed by atoms with van der Waals surface area (Å²) in [6, 6.07) is 68.9. The summed E-state index contributed by atoms with van der Waals surface area (Å²) < 4.78 is 0. The maximum absolute atomic E-state index is 2.32. The molecule has 7 rings (SSSR count). The molecule has 0 N–H and O–H groups in total. The van der Waals surface area contributed by atoms with Crippen molar-refractivity contribution < 1.29 is 0 Å². The Hall–Kier alpha value is -5.92. The highest BCUT2D eigenvalue weighted by atomic mass is 15.1. The molecule has 0 bridgehead atoms. The van der Waals surface area contributed by atoms with Crippen LogP contribution in [0.1, 0.15) is 16.7 Å². The van der Waals surface area contributed by atoms with Crippen molar-refractivity contribution in [2.45, 2.75) is 0 Å². The molecule has 0 saturated carbocycles. The summed E-state index contributed by atoms with van der Waals surface area (Å²) in [7, 11) is 0. The molecule has 0 aliphatic heterocycles. The summed E-state index contributed by atoms with van der Waals surface area (Å²) in [5, 5.41) is 0. The minimum Gasteiger partial charge on any atom is -0.311 e. The molecule has 0 aliphatic rings. The van der Waals surface area contributed by atoms with Crippen LogP contribution < -0.4 is 4.90 Å². The molecule has 1 nitrogen and oxygen atoms in total. The van der Waals surface area contributed by atoms with Gasteiger partial charge in [-0.3, -0.25) is 0 Å². The average molecular weight is 576 g/mol. The smallest absolute Gasteiger partial charge is 0.0462 e. The lowest BCUT2D eigenvalue weighted by Gasteiger charge is -2.25. The number of anilines is 3. The Balaban J connectivity index is 1.35. The van der Waals surface area contributed by atoms with E-state index in [2.05, 4.69) is 205 Å². The van der Waals surface area contributed by atoms with Crippen LogP contribution >= 0.6 is 0 Å². The van der Waals surface area contributed by atoms with Crippen molar-refractivity contribution in [1.29, 1.82) is 0 Å². The summed E-state index contributed by atoms with van der Waals surface area (Å²) in [6.45, 7) is 0. The van der Waals surface area contributed by atoms with Crippen molar-refractivity contribution in [3.63, 3.8) is 0 Å². The largest absolute Gasteiger partial charge is 0.311 e. The van der Waals surface area contributed by atoms with Crippen LogP contribution in [0.15, 0.2) is 194 Å². The number of rotatable bonds is 8. The molecule has 0 atom stereocenters. The van der Waals surface area contributed by atoms with Crippen molar-refractivity contribution in [1.82, 2.24) is 0 Å². The molecule has 0 radical (unpaired) electrons. The highest BCUT2D eigenvalue weighted by Gasteiger charge is 2.13. The zero-order chi connectivity index (χ0) is 30.3. The first-order valence-electron chi connectivity index (χ1n) is 15.4. The first-order chi connectivity index (χ1) is 22.3. The van der Waals surface area contributed by atoms with Crippen LogP contribution in [-0.2, 0) is 0 Å². The third-order valence-electron chi connectivity index (χ3n) is 8.03. The van der Waals surface area contributed by atoms with Gasteiger partial charge in [-0.15, -0.1) is 0 Å². The van der Waals surface area contributed by atoms with Gasteiger partial charge in [-0.05, 0) is 105 Å². The molecule has 0 amide bonds. The summed E-state index contributed by atoms with van der Waals surface area (Å²) >= 11 is 0. The van der Waals surface area contributed by atoms with Crippen molar-refractivity contribution in [3.8, 4) is 22.3 Å². The molecule has 0 aromatic heterocycles. The Morgan fingerprint density at radius 3 is 1.20 bits per heavy atom. The number of nitrogens with zero attached hydrogens (tertiary/aromatic N) is 1. The van der Waals surface area contributed by atoms with Crippen molar-refractivity contribution in [3.05, 3.63) is 211 Å². The van der Waals surface area contributed by atoms with E-state index in [4.69, 9.17) is 0 Å². The summed E-state index contributed by atoms with van der Waals surface area (Å²) in [4.78, 5) is 2.29. The van der Waals surface area contributed by atoms with Crippen LogP contribution in [0.25, 0.3) is 33.9 Å². The molecule has 0 saturated heterocycles. The number of hydrogen-bond acceptors (Lipinski definition) is 1. The highest BCUT2D eigenvalue weighted by molar-refractivity contribution is 5.94. The fourth-order valence-electron chi connectivity index (χ4n) is 5.82. The first-order valence-corrected chi connectivity index (χ1v) is 15.4. The molecule has 0 aliphatic carbocycles. The molecular formula is C44H33N. The Labute approximate surface area is 266 Å². The molecule has 1 heteroatoms. The minimum absolute atomic E-state index is 1.11. The molecule has 214 valence electrons. The Morgan fingerprint density at radius 2 is 0.733 bits per heavy atom. The predicted molar refractivity (Wildman–Crippen MR) is 192 cm³/mol. The van der Waals surface area contributed by atoms with Crippen LogP contribution in [0, 0.1) is 0 Å². The van der Waals surface area contributed by atoms with Crippen LogP contribution in [-0.4, -0.2) is 0 Å². The van der Waals surface area contributed by atoms with Gasteiger partial charge in [-0.2, -0.15) is 0 Å². The monoisotopic (exact) mass is 575 g/mol. The number of benzene rings is 7. The SMILES string of the molecule is C(=C(c1ccccc1)c1cc(-c2ccccc2)cc(-c2ccccc2)c1)c1ccc(N(c2ccccc2)c2ccccc2)cc1. The molecule has 45 heavy (non-hydrogen) atoms. The van der Waals surface area contributed by atoms with Gasteiger partial charge < -0.3 is 4.90 Å². The Bertz CT molecular complexity index is 1900. The topological polar surface area (TPSA) is 3.24 Å². The van der Waals surface area contributed by atoms with E-state index in [1.807, 2.05) is 0 Å². The lowest BCUT2D eigenvalue weighted by molar-refractivity contribution is 1.28. The first kappa shape index (κ1) is 27.9. The van der Waals surface area contributed by atoms with E-state index in [0.717, 1.165) is 22.6 Å². The molecule has 7 aromatic rings. The maximum atomic E-state index is 2.32. The van der Waals surface area contributed by atoms with Crippen molar-refractivity contribution >= 4 is 28.7 Å². The lowest BCUT2D eigenvalue weighted by Crippen LogP contribution is -2.09. The zero-order valence-corrected chi connectivity index (χ0v) is 25.0. The Morgan fingerprint density at radius 1 is 0.333 bits per heavy atom. The summed E-state index contributed by atoms with van der Waals surface area (Å²) in [5.74, 6) is 0. The average Bonchev–Trinajstić information content (AvgIpc) is 3.13. The van der Waals surface area contributed by atoms with Gasteiger partial charge in [0.2, 0.25) is 0 Å². The molecular weight excluding hydrogens is 542 g/mol. The fraction of sp³-hybridized carbons (Fsp3) is 0. The molecule has 0 heterocycles. The van der Waals surface area contributed by atoms with Gasteiger partial charge in [0.25, 0.3) is 0 Å². The van der Waals surface area contributed by atoms with Gasteiger partial charge in [-0.1, -0.05) is 140 Å². The van der Waals surface area contributed by atoms with E-state index >= 15 is 0 Å². The number of hydrogen-bond donors (Lipinski definition) is 0. The van der Waals surface area contributed by atoms with Crippen LogP contribution in [0.5, 0.6) is 0 Å². The standard InChI is InChI=1S/C44H33N/c1-6-16-35(17-7-1)38-31-39(36-18-8-2-9-19-36)33-40(32-38)44(37-20-10-3-11-21-37)30-34-26-28-43(29-27-34)45(41-22-12-4-13-23-41)42-24-14-5-15-25-42/h1-33H. The third kappa shape index (κ3) is 6.39. The van der Waals surface area contributed by atoms with Crippen molar-refractivity contribution in [2.24, 2.45) is 0 Å². The van der Waals surface area contributed by atoms with Gasteiger partial charge >= 0.3 is 0 Å². The van der Waals surface area contributed by atoms with Crippen LogP contribution in [0.2, 0.25) is 0 Å². The fourth-order valence-corrected chi connectivity index (χ4v) is 5.82.